The van der Waals surface area contributed by atoms with E-state index in [4.69, 9.17) is 21.4 Å². The second kappa shape index (κ2) is 6.79. The smallest absolute Gasteiger partial charge is 0.266 e. The molecule has 96 valence electrons. The Kier molecular flexibility index (Phi) is 5.35. The number of oxazole rings is 1. The zero-order valence-corrected chi connectivity index (χ0v) is 13.9. The molecule has 1 aromatic carbocycles. The van der Waals surface area contributed by atoms with Gasteiger partial charge in [0.05, 0.1) is 5.75 Å². The molecule has 0 saturated heterocycles. The molecule has 0 amide bonds. The number of aromatic nitrogens is 1. The van der Waals surface area contributed by atoms with Gasteiger partial charge in [-0.1, -0.05) is 0 Å². The van der Waals surface area contributed by atoms with Crippen molar-refractivity contribution in [3.63, 3.8) is 0 Å². The summed E-state index contributed by atoms with van der Waals surface area (Å²) in [6, 6.07) is 5.78. The van der Waals surface area contributed by atoms with Gasteiger partial charge in [0.1, 0.15) is 17.4 Å². The predicted molar refractivity (Wildman–Crippen MR) is 82.5 cm³/mol. The van der Waals surface area contributed by atoms with Gasteiger partial charge in [-0.3, -0.25) is 0 Å². The van der Waals surface area contributed by atoms with Gasteiger partial charge >= 0.3 is 0 Å². The highest BCUT2D eigenvalue weighted by molar-refractivity contribution is 9.13. The molecule has 2 aromatic rings. The molecule has 7 heteroatoms. The van der Waals surface area contributed by atoms with Crippen LogP contribution in [0.3, 0.4) is 0 Å². The summed E-state index contributed by atoms with van der Waals surface area (Å²) in [4.78, 5) is 3.23. The van der Waals surface area contributed by atoms with Crippen molar-refractivity contribution in [1.82, 2.24) is 4.98 Å². The van der Waals surface area contributed by atoms with Gasteiger partial charge in [-0.2, -0.15) is 0 Å². The molecule has 0 spiro atoms. The fourth-order valence-electron chi connectivity index (χ4n) is 1.21. The van der Waals surface area contributed by atoms with E-state index in [1.54, 1.807) is 18.0 Å². The minimum Gasteiger partial charge on any atom is -0.483 e. The van der Waals surface area contributed by atoms with Gasteiger partial charge < -0.3 is 14.1 Å². The van der Waals surface area contributed by atoms with Crippen LogP contribution in [0.1, 0.15) is 5.76 Å². The van der Waals surface area contributed by atoms with Crippen LogP contribution in [0, 0.1) is 4.84 Å². The van der Waals surface area contributed by atoms with E-state index in [-0.39, 0.29) is 0 Å². The van der Waals surface area contributed by atoms with Crippen molar-refractivity contribution < 1.29 is 9.15 Å². The van der Waals surface area contributed by atoms with E-state index < -0.39 is 0 Å². The van der Waals surface area contributed by atoms with Crippen LogP contribution in [0.25, 0.3) is 0 Å². The van der Waals surface area contributed by atoms with Gasteiger partial charge in [0.25, 0.3) is 4.84 Å². The van der Waals surface area contributed by atoms with Crippen molar-refractivity contribution in [1.29, 1.82) is 0 Å². The van der Waals surface area contributed by atoms with E-state index in [0.29, 0.717) is 10.8 Å². The quantitative estimate of drug-likeness (QED) is 0.421. The lowest BCUT2D eigenvalue weighted by Gasteiger charge is -2.06. The maximum Gasteiger partial charge on any atom is 0.266 e. The minimum absolute atomic E-state index is 0.406. The first-order chi connectivity index (χ1) is 8.65. The third kappa shape index (κ3) is 4.15. The molecule has 0 bridgehead atoms. The first kappa shape index (κ1) is 14.2. The molecule has 18 heavy (non-hydrogen) atoms. The van der Waals surface area contributed by atoms with Crippen LogP contribution in [-0.2, 0) is 5.75 Å². The summed E-state index contributed by atoms with van der Waals surface area (Å²) in [6.07, 6.45) is 1.77. The standard InChI is InChI=1S/C11H9Br2NO2S2/c12-9-2-1-7(3-10(9)13)15-6-18-5-8-4-14-11(17)16-8/h1-4H,5-6H2,(H,14,17). The molecule has 0 atom stereocenters. The number of hydrogen-bond donors (Lipinski definition) is 1. The molecule has 0 fully saturated rings. The summed E-state index contributed by atoms with van der Waals surface area (Å²) < 4.78 is 12.8. The maximum atomic E-state index is 5.60. The molecular weight excluding hydrogens is 402 g/mol. The molecule has 2 rings (SSSR count). The van der Waals surface area contributed by atoms with Crippen molar-refractivity contribution >= 4 is 55.8 Å². The molecule has 1 aromatic heterocycles. The van der Waals surface area contributed by atoms with Crippen LogP contribution >= 0.6 is 55.8 Å². The van der Waals surface area contributed by atoms with Crippen LogP contribution in [0.15, 0.2) is 37.8 Å². The second-order valence-corrected chi connectivity index (χ2v) is 6.34. The lowest BCUT2D eigenvalue weighted by atomic mass is 10.3. The highest BCUT2D eigenvalue weighted by Crippen LogP contribution is 2.27. The van der Waals surface area contributed by atoms with Crippen molar-refractivity contribution in [2.45, 2.75) is 5.75 Å². The number of nitrogens with one attached hydrogen (secondary N) is 1. The van der Waals surface area contributed by atoms with E-state index >= 15 is 0 Å². The lowest BCUT2D eigenvalue weighted by Crippen LogP contribution is -1.93. The zero-order valence-electron chi connectivity index (χ0n) is 9.11. The Bertz CT molecular complexity index is 582. The number of thioether (sulfide) groups is 1. The Balaban J connectivity index is 1.78. The highest BCUT2D eigenvalue weighted by Gasteiger charge is 2.01. The molecule has 1 heterocycles. The Hall–Kier alpha value is -0.240. The molecule has 0 unspecified atom stereocenters. The van der Waals surface area contributed by atoms with E-state index in [1.807, 2.05) is 18.2 Å². The molecule has 0 aliphatic rings. The predicted octanol–water partition coefficient (Wildman–Crippen LogP) is 5.13. The third-order valence-electron chi connectivity index (χ3n) is 2.02. The van der Waals surface area contributed by atoms with Crippen LogP contribution in [0.5, 0.6) is 5.75 Å². The Morgan fingerprint density at radius 3 is 2.83 bits per heavy atom. The van der Waals surface area contributed by atoms with Crippen molar-refractivity contribution in [2.24, 2.45) is 0 Å². The van der Waals surface area contributed by atoms with E-state index in [9.17, 15) is 0 Å². The van der Waals surface area contributed by atoms with E-state index in [1.165, 1.54) is 0 Å². The second-order valence-electron chi connectivity index (χ2n) is 3.33. The fraction of sp³-hybridized carbons (Fsp3) is 0.182. The number of aromatic amines is 1. The average Bonchev–Trinajstić information content (AvgIpc) is 2.75. The average molecular weight is 411 g/mol. The van der Waals surface area contributed by atoms with E-state index in [0.717, 1.165) is 26.2 Å². The molecule has 0 saturated carbocycles. The Labute approximate surface area is 131 Å². The van der Waals surface area contributed by atoms with Crippen LogP contribution < -0.4 is 4.74 Å². The topological polar surface area (TPSA) is 38.2 Å². The van der Waals surface area contributed by atoms with Gasteiger partial charge in [0.2, 0.25) is 0 Å². The number of hydrogen-bond acceptors (Lipinski definition) is 4. The Morgan fingerprint density at radius 1 is 1.33 bits per heavy atom. The number of benzene rings is 1. The maximum absolute atomic E-state index is 5.60. The van der Waals surface area contributed by atoms with Gasteiger partial charge in [-0.05, 0) is 62.3 Å². The summed E-state index contributed by atoms with van der Waals surface area (Å²) in [6.45, 7) is 0. The molecular formula is C11H9Br2NO2S2. The molecule has 3 nitrogen and oxygen atoms in total. The Morgan fingerprint density at radius 2 is 2.17 bits per heavy atom. The number of ether oxygens (including phenoxy) is 1. The number of halogens is 2. The summed E-state index contributed by atoms with van der Waals surface area (Å²) in [7, 11) is 0. The summed E-state index contributed by atoms with van der Waals surface area (Å²) in [5.74, 6) is 2.94. The van der Waals surface area contributed by atoms with Gasteiger partial charge in [0, 0.05) is 15.1 Å². The highest BCUT2D eigenvalue weighted by atomic mass is 79.9. The van der Waals surface area contributed by atoms with Gasteiger partial charge in [0.15, 0.2) is 0 Å². The van der Waals surface area contributed by atoms with Gasteiger partial charge in [-0.15, -0.1) is 11.8 Å². The number of H-pyrrole nitrogens is 1. The molecule has 0 aliphatic heterocycles. The normalized spacial score (nSPS) is 10.6. The molecule has 0 radical (unpaired) electrons. The summed E-state index contributed by atoms with van der Waals surface area (Å²) in [5.41, 5.74) is 0. The monoisotopic (exact) mass is 409 g/mol. The molecule has 1 N–H and O–H groups in total. The SMILES string of the molecule is S=c1[nH]cc(CSCOc2ccc(Br)c(Br)c2)o1. The fourth-order valence-corrected chi connectivity index (χ4v) is 2.62. The first-order valence-corrected chi connectivity index (χ1v) is 8.13. The minimum atomic E-state index is 0.406. The van der Waals surface area contributed by atoms with Crippen molar-refractivity contribution in [3.8, 4) is 5.75 Å². The number of rotatable bonds is 5. The lowest BCUT2D eigenvalue weighted by molar-refractivity contribution is 0.392. The van der Waals surface area contributed by atoms with Crippen LogP contribution in [0.4, 0.5) is 0 Å². The van der Waals surface area contributed by atoms with Crippen molar-refractivity contribution in [3.05, 3.63) is 43.9 Å². The summed E-state index contributed by atoms with van der Waals surface area (Å²) >= 11 is 13.3. The third-order valence-corrected chi connectivity index (χ3v) is 4.87. The van der Waals surface area contributed by atoms with Gasteiger partial charge in [-0.25, -0.2) is 0 Å². The molecule has 0 aliphatic carbocycles. The van der Waals surface area contributed by atoms with E-state index in [2.05, 4.69) is 36.8 Å². The largest absolute Gasteiger partial charge is 0.483 e. The first-order valence-electron chi connectivity index (χ1n) is 4.98. The van der Waals surface area contributed by atoms with Crippen LogP contribution in [0.2, 0.25) is 0 Å². The van der Waals surface area contributed by atoms with Crippen LogP contribution in [-0.4, -0.2) is 10.9 Å². The summed E-state index contributed by atoms with van der Waals surface area (Å²) in [5, 5.41) is 0. The zero-order chi connectivity index (χ0) is 13.0. The van der Waals surface area contributed by atoms with Crippen molar-refractivity contribution in [2.75, 3.05) is 5.94 Å².